The zero-order chi connectivity index (χ0) is 22.4. The summed E-state index contributed by atoms with van der Waals surface area (Å²) < 4.78 is 38.5. The van der Waals surface area contributed by atoms with Gasteiger partial charge in [-0.2, -0.15) is 13.2 Å². The second-order valence-corrected chi connectivity index (χ2v) is 7.56. The van der Waals surface area contributed by atoms with Gasteiger partial charge in [0.1, 0.15) is 0 Å². The average Bonchev–Trinajstić information content (AvgIpc) is 2.74. The van der Waals surface area contributed by atoms with E-state index in [9.17, 15) is 18.0 Å². The van der Waals surface area contributed by atoms with Gasteiger partial charge >= 0.3 is 6.18 Å². The van der Waals surface area contributed by atoms with Crippen LogP contribution in [0.25, 0.3) is 0 Å². The minimum atomic E-state index is -4.11. The molecule has 2 aromatic rings. The summed E-state index contributed by atoms with van der Waals surface area (Å²) in [7, 11) is 0. The van der Waals surface area contributed by atoms with Crippen molar-refractivity contribution in [2.24, 2.45) is 11.7 Å². The van der Waals surface area contributed by atoms with E-state index >= 15 is 0 Å². The fraction of sp³-hybridized carbons (Fsp3) is 0.364. The SMILES string of the molecule is N=Cc1cc(Nc2ccc(N3CCC(C(F)(F)F)CC3)cc2)ccc1NCCC(N)=O. The van der Waals surface area contributed by atoms with Crippen molar-refractivity contribution in [2.75, 3.05) is 35.2 Å². The van der Waals surface area contributed by atoms with Crippen molar-refractivity contribution in [3.8, 4) is 0 Å². The summed E-state index contributed by atoms with van der Waals surface area (Å²) >= 11 is 0. The van der Waals surface area contributed by atoms with Crippen LogP contribution in [0.4, 0.5) is 35.9 Å². The molecule has 1 aliphatic rings. The highest BCUT2D eigenvalue weighted by molar-refractivity contribution is 5.88. The van der Waals surface area contributed by atoms with E-state index in [1.165, 1.54) is 6.21 Å². The van der Waals surface area contributed by atoms with Crippen LogP contribution in [0, 0.1) is 11.3 Å². The van der Waals surface area contributed by atoms with Gasteiger partial charge in [-0.1, -0.05) is 0 Å². The summed E-state index contributed by atoms with van der Waals surface area (Å²) in [5.41, 5.74) is 9.06. The molecule has 0 radical (unpaired) electrons. The number of amides is 1. The van der Waals surface area contributed by atoms with E-state index < -0.39 is 18.0 Å². The maximum absolute atomic E-state index is 12.8. The topological polar surface area (TPSA) is 94.2 Å². The van der Waals surface area contributed by atoms with Gasteiger partial charge in [0.25, 0.3) is 0 Å². The maximum atomic E-state index is 12.8. The predicted octanol–water partition coefficient (Wildman–Crippen LogP) is 4.49. The van der Waals surface area contributed by atoms with E-state index in [0.29, 0.717) is 25.2 Å². The molecule has 1 saturated heterocycles. The van der Waals surface area contributed by atoms with Crippen molar-refractivity contribution < 1.29 is 18.0 Å². The molecule has 0 saturated carbocycles. The smallest absolute Gasteiger partial charge is 0.384 e. The molecule has 2 aromatic carbocycles. The Labute approximate surface area is 179 Å². The molecular formula is C22H26F3N5O. The number of piperidine rings is 1. The third-order valence-electron chi connectivity index (χ3n) is 5.37. The van der Waals surface area contributed by atoms with E-state index in [1.54, 1.807) is 0 Å². The number of halogens is 3. The second-order valence-electron chi connectivity index (χ2n) is 7.56. The number of primary amides is 1. The van der Waals surface area contributed by atoms with Gasteiger partial charge in [0.15, 0.2) is 0 Å². The molecule has 1 fully saturated rings. The summed E-state index contributed by atoms with van der Waals surface area (Å²) in [6.07, 6.45) is -2.43. The number of nitrogens with one attached hydrogen (secondary N) is 3. The van der Waals surface area contributed by atoms with Crippen molar-refractivity contribution >= 4 is 34.9 Å². The lowest BCUT2D eigenvalue weighted by molar-refractivity contribution is -0.179. The standard InChI is InChI=1S/C22H26F3N5O/c23-22(24,25)16-8-11-30(12-9-16)19-4-1-17(2-5-19)29-18-3-6-20(15(13-18)14-26)28-10-7-21(27)31/h1-6,13-14,16,26,28-29H,7-12H2,(H2,27,31). The number of nitrogens with zero attached hydrogens (tertiary/aromatic N) is 1. The molecule has 6 nitrogen and oxygen atoms in total. The van der Waals surface area contributed by atoms with E-state index in [-0.39, 0.29) is 19.3 Å². The van der Waals surface area contributed by atoms with Crippen LogP contribution in [0.15, 0.2) is 42.5 Å². The van der Waals surface area contributed by atoms with Gasteiger partial charge in [-0.15, -0.1) is 0 Å². The van der Waals surface area contributed by atoms with Crippen LogP contribution in [-0.2, 0) is 4.79 Å². The van der Waals surface area contributed by atoms with Gasteiger partial charge in [0.2, 0.25) is 5.91 Å². The Morgan fingerprint density at radius 2 is 1.77 bits per heavy atom. The number of benzene rings is 2. The Kier molecular flexibility index (Phi) is 7.04. The van der Waals surface area contributed by atoms with Crippen LogP contribution in [0.5, 0.6) is 0 Å². The zero-order valence-corrected chi connectivity index (χ0v) is 17.0. The number of alkyl halides is 3. The highest BCUT2D eigenvalue weighted by Crippen LogP contribution is 2.35. The summed E-state index contributed by atoms with van der Waals surface area (Å²) in [6, 6.07) is 13.1. The van der Waals surface area contributed by atoms with Crippen LogP contribution < -0.4 is 21.3 Å². The largest absolute Gasteiger partial charge is 0.391 e. The Balaban J connectivity index is 1.59. The molecule has 31 heavy (non-hydrogen) atoms. The molecule has 0 unspecified atom stereocenters. The van der Waals surface area contributed by atoms with Gasteiger partial charge < -0.3 is 26.7 Å². The Bertz CT molecular complexity index is 906. The molecule has 1 amide bonds. The number of anilines is 4. The van der Waals surface area contributed by atoms with Crippen LogP contribution in [0.2, 0.25) is 0 Å². The van der Waals surface area contributed by atoms with Crippen LogP contribution in [0.3, 0.4) is 0 Å². The quantitative estimate of drug-likeness (QED) is 0.461. The van der Waals surface area contributed by atoms with Gasteiger partial charge in [-0.3, -0.25) is 4.79 Å². The van der Waals surface area contributed by atoms with Crippen molar-refractivity contribution in [2.45, 2.75) is 25.4 Å². The van der Waals surface area contributed by atoms with Gasteiger partial charge in [0, 0.05) is 60.6 Å². The minimum absolute atomic E-state index is 0.121. The highest BCUT2D eigenvalue weighted by atomic mass is 19.4. The Morgan fingerprint density at radius 3 is 2.35 bits per heavy atom. The van der Waals surface area contributed by atoms with Crippen molar-refractivity contribution in [1.29, 1.82) is 5.41 Å². The first-order chi connectivity index (χ1) is 14.8. The van der Waals surface area contributed by atoms with Gasteiger partial charge in [-0.05, 0) is 55.3 Å². The number of hydrogen-bond donors (Lipinski definition) is 4. The highest BCUT2D eigenvalue weighted by Gasteiger charge is 2.41. The summed E-state index contributed by atoms with van der Waals surface area (Å²) in [4.78, 5) is 12.8. The second kappa shape index (κ2) is 9.72. The van der Waals surface area contributed by atoms with Gasteiger partial charge in [-0.25, -0.2) is 0 Å². The number of nitrogens with two attached hydrogens (primary N) is 1. The molecule has 0 bridgehead atoms. The molecule has 0 atom stereocenters. The minimum Gasteiger partial charge on any atom is -0.384 e. The van der Waals surface area contributed by atoms with Crippen LogP contribution in [0.1, 0.15) is 24.8 Å². The third kappa shape index (κ3) is 6.13. The lowest BCUT2D eigenvalue weighted by Gasteiger charge is -2.34. The number of carbonyl (C=O) groups is 1. The van der Waals surface area contributed by atoms with Crippen molar-refractivity contribution in [1.82, 2.24) is 0 Å². The van der Waals surface area contributed by atoms with E-state index in [1.807, 2.05) is 47.4 Å². The first-order valence-corrected chi connectivity index (χ1v) is 10.1. The zero-order valence-electron chi connectivity index (χ0n) is 17.0. The maximum Gasteiger partial charge on any atom is 0.391 e. The van der Waals surface area contributed by atoms with Crippen molar-refractivity contribution in [3.63, 3.8) is 0 Å². The molecule has 166 valence electrons. The number of carbonyl (C=O) groups excluding carboxylic acids is 1. The molecule has 3 rings (SSSR count). The molecular weight excluding hydrogens is 407 g/mol. The molecule has 9 heteroatoms. The Morgan fingerprint density at radius 1 is 1.13 bits per heavy atom. The fourth-order valence-corrected chi connectivity index (χ4v) is 3.63. The van der Waals surface area contributed by atoms with Crippen LogP contribution in [-0.4, -0.2) is 37.9 Å². The molecule has 5 N–H and O–H groups in total. The lowest BCUT2D eigenvalue weighted by atomic mass is 9.96. The molecule has 0 aliphatic carbocycles. The first-order valence-electron chi connectivity index (χ1n) is 10.1. The molecule has 1 aliphatic heterocycles. The average molecular weight is 433 g/mol. The number of rotatable bonds is 8. The molecule has 0 spiro atoms. The van der Waals surface area contributed by atoms with Crippen LogP contribution >= 0.6 is 0 Å². The van der Waals surface area contributed by atoms with E-state index in [4.69, 9.17) is 11.1 Å². The Hall–Kier alpha value is -3.23. The summed E-state index contributed by atoms with van der Waals surface area (Å²) in [6.45, 7) is 1.18. The third-order valence-corrected chi connectivity index (χ3v) is 5.37. The normalized spacial score (nSPS) is 14.9. The van der Waals surface area contributed by atoms with Gasteiger partial charge in [0.05, 0.1) is 5.92 Å². The van der Waals surface area contributed by atoms with E-state index in [2.05, 4.69) is 10.6 Å². The predicted molar refractivity (Wildman–Crippen MR) is 117 cm³/mol. The van der Waals surface area contributed by atoms with E-state index in [0.717, 1.165) is 22.7 Å². The first kappa shape index (κ1) is 22.5. The molecule has 0 aromatic heterocycles. The monoisotopic (exact) mass is 433 g/mol. The summed E-state index contributed by atoms with van der Waals surface area (Å²) in [5, 5.41) is 14.0. The summed E-state index contributed by atoms with van der Waals surface area (Å²) in [5.74, 6) is -1.60. The van der Waals surface area contributed by atoms with Crippen molar-refractivity contribution in [3.05, 3.63) is 48.0 Å². The fourth-order valence-electron chi connectivity index (χ4n) is 3.63. The lowest BCUT2D eigenvalue weighted by Crippen LogP contribution is -2.38. The number of hydrogen-bond acceptors (Lipinski definition) is 5. The molecule has 1 heterocycles.